The van der Waals surface area contributed by atoms with Crippen molar-refractivity contribution in [1.82, 2.24) is 5.32 Å². The molecule has 0 spiro atoms. The molecule has 2 rings (SSSR count). The number of rotatable bonds is 5. The maximum Gasteiger partial charge on any atom is 0.123 e. The Morgan fingerprint density at radius 2 is 1.60 bits per heavy atom. The average molecular weight is 273 g/mol. The second-order valence-electron chi connectivity index (χ2n) is 4.90. The van der Waals surface area contributed by atoms with Crippen LogP contribution in [0.4, 0.5) is 4.39 Å². The molecule has 106 valence electrons. The van der Waals surface area contributed by atoms with Crippen LogP contribution in [0.2, 0.25) is 0 Å². The Labute approximate surface area is 119 Å². The predicted octanol–water partition coefficient (Wildman–Crippen LogP) is 4.25. The molecule has 2 aromatic carbocycles. The molecule has 0 aliphatic heterocycles. The van der Waals surface area contributed by atoms with E-state index in [1.54, 1.807) is 7.11 Å². The Hall–Kier alpha value is -1.87. The summed E-state index contributed by atoms with van der Waals surface area (Å²) in [5.41, 5.74) is 2.18. The van der Waals surface area contributed by atoms with Crippen molar-refractivity contribution < 1.29 is 9.13 Å². The Bertz CT molecular complexity index is 553. The van der Waals surface area contributed by atoms with Gasteiger partial charge in [0.25, 0.3) is 0 Å². The second-order valence-corrected chi connectivity index (χ2v) is 4.90. The van der Waals surface area contributed by atoms with Gasteiger partial charge in [0.15, 0.2) is 0 Å². The smallest absolute Gasteiger partial charge is 0.123 e. The summed E-state index contributed by atoms with van der Waals surface area (Å²) >= 11 is 0. The quantitative estimate of drug-likeness (QED) is 0.879. The minimum Gasteiger partial charge on any atom is -0.496 e. The first kappa shape index (κ1) is 14.5. The SMILES string of the molecule is COc1ccccc1C(C)N[C@@H](C)c1ccc(F)cc1. The highest BCUT2D eigenvalue weighted by Crippen LogP contribution is 2.26. The molecule has 0 saturated heterocycles. The van der Waals surface area contributed by atoms with E-state index in [0.717, 1.165) is 16.9 Å². The topological polar surface area (TPSA) is 21.3 Å². The van der Waals surface area contributed by atoms with Crippen molar-refractivity contribution in [2.75, 3.05) is 7.11 Å². The zero-order chi connectivity index (χ0) is 14.5. The molecule has 0 heterocycles. The van der Waals surface area contributed by atoms with Crippen LogP contribution in [0.15, 0.2) is 48.5 Å². The molecule has 0 aromatic heterocycles. The van der Waals surface area contributed by atoms with Gasteiger partial charge < -0.3 is 10.1 Å². The Morgan fingerprint density at radius 1 is 0.950 bits per heavy atom. The molecule has 2 nitrogen and oxygen atoms in total. The van der Waals surface area contributed by atoms with Gasteiger partial charge in [0.05, 0.1) is 7.11 Å². The van der Waals surface area contributed by atoms with Gasteiger partial charge in [-0.25, -0.2) is 4.39 Å². The molecule has 1 N–H and O–H groups in total. The van der Waals surface area contributed by atoms with Gasteiger partial charge in [-0.15, -0.1) is 0 Å². The fraction of sp³-hybridized carbons (Fsp3) is 0.294. The highest BCUT2D eigenvalue weighted by Gasteiger charge is 2.14. The van der Waals surface area contributed by atoms with Crippen molar-refractivity contribution in [3.05, 3.63) is 65.5 Å². The monoisotopic (exact) mass is 273 g/mol. The van der Waals surface area contributed by atoms with Crippen LogP contribution in [-0.2, 0) is 0 Å². The Kier molecular flexibility index (Phi) is 4.74. The van der Waals surface area contributed by atoms with Crippen LogP contribution in [0, 0.1) is 5.82 Å². The summed E-state index contributed by atoms with van der Waals surface area (Å²) in [6.07, 6.45) is 0. The number of halogens is 1. The van der Waals surface area contributed by atoms with Crippen LogP contribution in [-0.4, -0.2) is 7.11 Å². The van der Waals surface area contributed by atoms with E-state index in [1.807, 2.05) is 36.4 Å². The van der Waals surface area contributed by atoms with Crippen molar-refractivity contribution in [3.63, 3.8) is 0 Å². The van der Waals surface area contributed by atoms with Gasteiger partial charge in [-0.1, -0.05) is 30.3 Å². The van der Waals surface area contributed by atoms with Gasteiger partial charge in [-0.3, -0.25) is 0 Å². The molecular formula is C17H20FNO. The minimum atomic E-state index is -0.210. The van der Waals surface area contributed by atoms with Crippen LogP contribution < -0.4 is 10.1 Å². The second kappa shape index (κ2) is 6.53. The largest absolute Gasteiger partial charge is 0.496 e. The fourth-order valence-corrected chi connectivity index (χ4v) is 2.34. The number of methoxy groups -OCH3 is 1. The van der Waals surface area contributed by atoms with E-state index < -0.39 is 0 Å². The number of nitrogens with one attached hydrogen (secondary N) is 1. The Balaban J connectivity index is 2.10. The summed E-state index contributed by atoms with van der Waals surface area (Å²) in [6.45, 7) is 4.16. The van der Waals surface area contributed by atoms with Gasteiger partial charge in [0.2, 0.25) is 0 Å². The molecule has 0 amide bonds. The van der Waals surface area contributed by atoms with Gasteiger partial charge in [0.1, 0.15) is 11.6 Å². The van der Waals surface area contributed by atoms with Gasteiger partial charge in [-0.05, 0) is 37.6 Å². The zero-order valence-electron chi connectivity index (χ0n) is 12.1. The first-order valence-corrected chi connectivity index (χ1v) is 6.76. The van der Waals surface area contributed by atoms with E-state index in [2.05, 4.69) is 19.2 Å². The molecule has 2 atom stereocenters. The molecule has 0 radical (unpaired) electrons. The molecule has 0 saturated carbocycles. The summed E-state index contributed by atoms with van der Waals surface area (Å²) in [5, 5.41) is 3.50. The summed E-state index contributed by atoms with van der Waals surface area (Å²) in [7, 11) is 1.68. The molecule has 2 aromatic rings. The number of hydrogen-bond donors (Lipinski definition) is 1. The first-order chi connectivity index (χ1) is 9.61. The lowest BCUT2D eigenvalue weighted by atomic mass is 10.0. The third-order valence-corrected chi connectivity index (χ3v) is 3.48. The van der Waals surface area contributed by atoms with Crippen LogP contribution in [0.1, 0.15) is 37.1 Å². The highest BCUT2D eigenvalue weighted by molar-refractivity contribution is 5.35. The van der Waals surface area contributed by atoms with Gasteiger partial charge in [-0.2, -0.15) is 0 Å². The van der Waals surface area contributed by atoms with E-state index in [-0.39, 0.29) is 17.9 Å². The van der Waals surface area contributed by atoms with Crippen LogP contribution in [0.5, 0.6) is 5.75 Å². The maximum absolute atomic E-state index is 12.9. The molecule has 0 bridgehead atoms. The lowest BCUT2D eigenvalue weighted by molar-refractivity contribution is 0.396. The van der Waals surface area contributed by atoms with Crippen molar-refractivity contribution in [2.24, 2.45) is 0 Å². The lowest BCUT2D eigenvalue weighted by Crippen LogP contribution is -2.22. The van der Waals surface area contributed by atoms with Crippen molar-refractivity contribution >= 4 is 0 Å². The van der Waals surface area contributed by atoms with Crippen molar-refractivity contribution in [3.8, 4) is 5.75 Å². The maximum atomic E-state index is 12.9. The molecule has 0 fully saturated rings. The molecular weight excluding hydrogens is 253 g/mol. The third-order valence-electron chi connectivity index (χ3n) is 3.48. The average Bonchev–Trinajstić information content (AvgIpc) is 2.47. The number of ether oxygens (including phenoxy) is 1. The predicted molar refractivity (Wildman–Crippen MR) is 79.4 cm³/mol. The lowest BCUT2D eigenvalue weighted by Gasteiger charge is -2.22. The first-order valence-electron chi connectivity index (χ1n) is 6.76. The van der Waals surface area contributed by atoms with Crippen LogP contribution in [0.25, 0.3) is 0 Å². The summed E-state index contributed by atoms with van der Waals surface area (Å²) in [5.74, 6) is 0.664. The Morgan fingerprint density at radius 3 is 2.25 bits per heavy atom. The van der Waals surface area contributed by atoms with Gasteiger partial charge in [0, 0.05) is 17.6 Å². The summed E-state index contributed by atoms with van der Waals surface area (Å²) in [4.78, 5) is 0. The molecule has 0 aliphatic carbocycles. The zero-order valence-corrected chi connectivity index (χ0v) is 12.1. The fourth-order valence-electron chi connectivity index (χ4n) is 2.34. The molecule has 20 heavy (non-hydrogen) atoms. The van der Waals surface area contributed by atoms with Crippen LogP contribution in [0.3, 0.4) is 0 Å². The number of hydrogen-bond acceptors (Lipinski definition) is 2. The normalized spacial score (nSPS) is 13.8. The summed E-state index contributed by atoms with van der Waals surface area (Å²) in [6, 6.07) is 14.8. The third kappa shape index (κ3) is 3.36. The number of para-hydroxylation sites is 1. The van der Waals surface area contributed by atoms with Crippen molar-refractivity contribution in [1.29, 1.82) is 0 Å². The highest BCUT2D eigenvalue weighted by atomic mass is 19.1. The van der Waals surface area contributed by atoms with Gasteiger partial charge >= 0.3 is 0 Å². The van der Waals surface area contributed by atoms with Crippen LogP contribution >= 0.6 is 0 Å². The van der Waals surface area contributed by atoms with E-state index in [1.165, 1.54) is 12.1 Å². The number of benzene rings is 2. The minimum absolute atomic E-state index is 0.135. The molecule has 1 unspecified atom stereocenters. The van der Waals surface area contributed by atoms with E-state index in [9.17, 15) is 4.39 Å². The van der Waals surface area contributed by atoms with E-state index >= 15 is 0 Å². The van der Waals surface area contributed by atoms with Crippen molar-refractivity contribution in [2.45, 2.75) is 25.9 Å². The van der Waals surface area contributed by atoms with E-state index in [4.69, 9.17) is 4.74 Å². The summed E-state index contributed by atoms with van der Waals surface area (Å²) < 4.78 is 18.3. The standard InChI is InChI=1S/C17H20FNO/c1-12(14-8-10-15(18)11-9-14)19-13(2)16-6-4-5-7-17(16)20-3/h4-13,19H,1-3H3/t12-,13?/m0/s1. The molecule has 3 heteroatoms. The van der Waals surface area contributed by atoms with E-state index in [0.29, 0.717) is 0 Å². The molecule has 0 aliphatic rings.